The van der Waals surface area contributed by atoms with E-state index in [1.165, 1.54) is 17.6 Å². The van der Waals surface area contributed by atoms with E-state index in [9.17, 15) is 4.79 Å². The van der Waals surface area contributed by atoms with E-state index in [0.717, 1.165) is 53.9 Å². The Kier molecular flexibility index (Phi) is 6.27. The predicted molar refractivity (Wildman–Crippen MR) is 100 cm³/mol. The molecule has 3 rings (SSSR count). The van der Waals surface area contributed by atoms with E-state index < -0.39 is 0 Å². The number of thioether (sulfide) groups is 1. The highest BCUT2D eigenvalue weighted by Crippen LogP contribution is 2.35. The fourth-order valence-corrected chi connectivity index (χ4v) is 4.86. The second-order valence-electron chi connectivity index (χ2n) is 5.97. The van der Waals surface area contributed by atoms with Gasteiger partial charge < -0.3 is 9.47 Å². The van der Waals surface area contributed by atoms with Gasteiger partial charge in [0.05, 0.1) is 33.3 Å². The van der Waals surface area contributed by atoms with E-state index in [1.54, 1.807) is 23.1 Å². The van der Waals surface area contributed by atoms with Crippen molar-refractivity contribution in [1.82, 2.24) is 14.9 Å². The topological polar surface area (TPSA) is 64.5 Å². The van der Waals surface area contributed by atoms with Crippen molar-refractivity contribution in [1.29, 1.82) is 0 Å². The number of methoxy groups -OCH3 is 1. The molecule has 0 aromatic carbocycles. The van der Waals surface area contributed by atoms with Gasteiger partial charge in [0.2, 0.25) is 0 Å². The van der Waals surface area contributed by atoms with Crippen LogP contribution in [0.25, 0.3) is 10.2 Å². The zero-order valence-electron chi connectivity index (χ0n) is 14.8. The van der Waals surface area contributed by atoms with Gasteiger partial charge in [0.15, 0.2) is 0 Å². The summed E-state index contributed by atoms with van der Waals surface area (Å²) in [4.78, 5) is 25.6. The molecule has 1 saturated heterocycles. The Morgan fingerprint density at radius 3 is 2.80 bits per heavy atom. The van der Waals surface area contributed by atoms with E-state index in [4.69, 9.17) is 19.4 Å². The summed E-state index contributed by atoms with van der Waals surface area (Å²) in [6.07, 6.45) is 0.383. The molecule has 0 aliphatic carbocycles. The third-order valence-electron chi connectivity index (χ3n) is 4.28. The van der Waals surface area contributed by atoms with Crippen molar-refractivity contribution in [3.63, 3.8) is 0 Å². The van der Waals surface area contributed by atoms with Crippen LogP contribution in [-0.4, -0.2) is 60.0 Å². The third-order valence-corrected chi connectivity index (χ3v) is 6.36. The molecule has 1 aliphatic rings. The third kappa shape index (κ3) is 4.49. The fraction of sp³-hybridized carbons (Fsp3) is 0.588. The van der Waals surface area contributed by atoms with Gasteiger partial charge in [-0.15, -0.1) is 23.1 Å². The summed E-state index contributed by atoms with van der Waals surface area (Å²) >= 11 is 3.32. The number of ether oxygens (including phenoxy) is 2. The zero-order chi connectivity index (χ0) is 17.8. The minimum Gasteiger partial charge on any atom is -0.469 e. The summed E-state index contributed by atoms with van der Waals surface area (Å²) < 4.78 is 10.1. The Labute approximate surface area is 155 Å². The van der Waals surface area contributed by atoms with E-state index in [2.05, 4.69) is 18.7 Å². The SMILES string of the molecule is COC(=O)CCSc1nc(CN2CCOCC2)nc2sc(C)c(C)c12. The number of carbonyl (C=O) groups is 1. The van der Waals surface area contributed by atoms with Crippen LogP contribution in [0.4, 0.5) is 0 Å². The van der Waals surface area contributed by atoms with Crippen molar-refractivity contribution in [2.24, 2.45) is 0 Å². The number of aromatic nitrogens is 2. The molecule has 0 amide bonds. The molecular weight excluding hydrogens is 358 g/mol. The van der Waals surface area contributed by atoms with Crippen molar-refractivity contribution >= 4 is 39.3 Å². The number of hydrogen-bond donors (Lipinski definition) is 0. The Morgan fingerprint density at radius 1 is 1.32 bits per heavy atom. The average molecular weight is 382 g/mol. The lowest BCUT2D eigenvalue weighted by Crippen LogP contribution is -2.36. The maximum atomic E-state index is 11.4. The molecule has 0 bridgehead atoms. The van der Waals surface area contributed by atoms with Crippen LogP contribution in [0.1, 0.15) is 22.7 Å². The molecule has 1 aliphatic heterocycles. The van der Waals surface area contributed by atoms with Crippen molar-refractivity contribution < 1.29 is 14.3 Å². The van der Waals surface area contributed by atoms with Crippen LogP contribution in [-0.2, 0) is 20.8 Å². The van der Waals surface area contributed by atoms with Gasteiger partial charge in [0.25, 0.3) is 0 Å². The average Bonchev–Trinajstić information content (AvgIpc) is 2.90. The number of carbonyl (C=O) groups excluding carboxylic acids is 1. The zero-order valence-corrected chi connectivity index (χ0v) is 16.5. The molecule has 0 spiro atoms. The first-order valence-corrected chi connectivity index (χ1v) is 10.1. The Hall–Kier alpha value is -1.22. The number of nitrogens with zero attached hydrogens (tertiary/aromatic N) is 3. The standard InChI is InChI=1S/C17H23N3O3S2/c1-11-12(2)25-17-15(11)16(24-9-4-14(21)22-3)18-13(19-17)10-20-5-7-23-8-6-20/h4-10H2,1-3H3. The van der Waals surface area contributed by atoms with E-state index in [1.807, 2.05) is 0 Å². The Bertz CT molecular complexity index is 757. The van der Waals surface area contributed by atoms with Crippen LogP contribution in [0.5, 0.6) is 0 Å². The molecule has 0 radical (unpaired) electrons. The molecule has 6 nitrogen and oxygen atoms in total. The molecule has 2 aromatic rings. The molecule has 0 unspecified atom stereocenters. The maximum Gasteiger partial charge on any atom is 0.306 e. The van der Waals surface area contributed by atoms with Gasteiger partial charge in [-0.2, -0.15) is 0 Å². The lowest BCUT2D eigenvalue weighted by Gasteiger charge is -2.25. The Balaban J connectivity index is 1.84. The number of rotatable bonds is 6. The van der Waals surface area contributed by atoms with Crippen molar-refractivity contribution in [2.45, 2.75) is 31.8 Å². The van der Waals surface area contributed by atoms with Crippen LogP contribution >= 0.6 is 23.1 Å². The summed E-state index contributed by atoms with van der Waals surface area (Å²) in [5.74, 6) is 1.31. The molecule has 136 valence electrons. The van der Waals surface area contributed by atoms with E-state index >= 15 is 0 Å². The van der Waals surface area contributed by atoms with Gasteiger partial charge >= 0.3 is 5.97 Å². The van der Waals surface area contributed by atoms with Gasteiger partial charge in [0, 0.05) is 29.1 Å². The molecular formula is C17H23N3O3S2. The molecule has 2 aromatic heterocycles. The highest BCUT2D eigenvalue weighted by molar-refractivity contribution is 7.99. The summed E-state index contributed by atoms with van der Waals surface area (Å²) in [5, 5.41) is 2.10. The number of esters is 1. The lowest BCUT2D eigenvalue weighted by atomic mass is 10.2. The van der Waals surface area contributed by atoms with Gasteiger partial charge in [-0.1, -0.05) is 0 Å². The number of thiophene rings is 1. The minimum atomic E-state index is -0.190. The predicted octanol–water partition coefficient (Wildman–Crippen LogP) is 2.80. The second kappa shape index (κ2) is 8.44. The summed E-state index contributed by atoms with van der Waals surface area (Å²) in [7, 11) is 1.42. The number of morpholine rings is 1. The van der Waals surface area contributed by atoms with Gasteiger partial charge in [0.1, 0.15) is 15.7 Å². The van der Waals surface area contributed by atoms with E-state index in [0.29, 0.717) is 12.2 Å². The summed E-state index contributed by atoms with van der Waals surface area (Å²) in [6, 6.07) is 0. The largest absolute Gasteiger partial charge is 0.469 e. The monoisotopic (exact) mass is 381 g/mol. The minimum absolute atomic E-state index is 0.190. The van der Waals surface area contributed by atoms with Crippen molar-refractivity contribution in [3.8, 4) is 0 Å². The summed E-state index contributed by atoms with van der Waals surface area (Å²) in [5.41, 5.74) is 1.23. The molecule has 1 fully saturated rings. The molecule has 8 heteroatoms. The molecule has 25 heavy (non-hydrogen) atoms. The second-order valence-corrected chi connectivity index (χ2v) is 8.26. The first kappa shape index (κ1) is 18.6. The first-order chi connectivity index (χ1) is 12.1. The first-order valence-electron chi connectivity index (χ1n) is 8.35. The van der Waals surface area contributed by atoms with Crippen LogP contribution in [0.3, 0.4) is 0 Å². The number of aryl methyl sites for hydroxylation is 2. The molecule has 3 heterocycles. The summed E-state index contributed by atoms with van der Waals surface area (Å²) in [6.45, 7) is 8.32. The highest BCUT2D eigenvalue weighted by atomic mass is 32.2. The Morgan fingerprint density at radius 2 is 2.08 bits per heavy atom. The van der Waals surface area contributed by atoms with Crippen molar-refractivity contribution in [3.05, 3.63) is 16.3 Å². The van der Waals surface area contributed by atoms with Gasteiger partial charge in [-0.25, -0.2) is 9.97 Å². The lowest BCUT2D eigenvalue weighted by molar-refractivity contribution is -0.140. The fourth-order valence-electron chi connectivity index (χ4n) is 2.72. The quantitative estimate of drug-likeness (QED) is 0.433. The number of fused-ring (bicyclic) bond motifs is 1. The van der Waals surface area contributed by atoms with Crippen LogP contribution in [0, 0.1) is 13.8 Å². The van der Waals surface area contributed by atoms with Crippen LogP contribution in [0.2, 0.25) is 0 Å². The maximum absolute atomic E-state index is 11.4. The molecule has 0 saturated carbocycles. The highest BCUT2D eigenvalue weighted by Gasteiger charge is 2.18. The van der Waals surface area contributed by atoms with Crippen LogP contribution < -0.4 is 0 Å². The molecule has 0 atom stereocenters. The number of hydrogen-bond acceptors (Lipinski definition) is 8. The normalized spacial score (nSPS) is 15.6. The smallest absolute Gasteiger partial charge is 0.306 e. The van der Waals surface area contributed by atoms with E-state index in [-0.39, 0.29) is 5.97 Å². The van der Waals surface area contributed by atoms with Gasteiger partial charge in [-0.05, 0) is 19.4 Å². The van der Waals surface area contributed by atoms with Crippen molar-refractivity contribution in [2.75, 3.05) is 39.2 Å². The molecule has 0 N–H and O–H groups in total. The van der Waals surface area contributed by atoms with Crippen LogP contribution in [0.15, 0.2) is 5.03 Å². The van der Waals surface area contributed by atoms with Gasteiger partial charge in [-0.3, -0.25) is 9.69 Å².